The molecule has 72 valence electrons. The van der Waals surface area contributed by atoms with E-state index in [1.54, 1.807) is 6.20 Å². The van der Waals surface area contributed by atoms with Gasteiger partial charge in [-0.3, -0.25) is 0 Å². The molecule has 0 bridgehead atoms. The van der Waals surface area contributed by atoms with Crippen molar-refractivity contribution in [3.63, 3.8) is 0 Å². The van der Waals surface area contributed by atoms with Gasteiger partial charge in [0.1, 0.15) is 6.61 Å². The van der Waals surface area contributed by atoms with Crippen molar-refractivity contribution < 1.29 is 4.74 Å². The van der Waals surface area contributed by atoms with Gasteiger partial charge in [-0.2, -0.15) is 0 Å². The van der Waals surface area contributed by atoms with E-state index in [4.69, 9.17) is 10.5 Å². The van der Waals surface area contributed by atoms with Gasteiger partial charge in [-0.05, 0) is 12.5 Å². The van der Waals surface area contributed by atoms with Gasteiger partial charge in [0.25, 0.3) is 0 Å². The summed E-state index contributed by atoms with van der Waals surface area (Å²) in [5.41, 5.74) is 6.29. The molecule has 0 spiro atoms. The third-order valence-electron chi connectivity index (χ3n) is 1.55. The molecule has 0 aromatic carbocycles. The van der Waals surface area contributed by atoms with Gasteiger partial charge >= 0.3 is 0 Å². The van der Waals surface area contributed by atoms with Gasteiger partial charge in [-0.1, -0.05) is 6.92 Å². The van der Waals surface area contributed by atoms with Gasteiger partial charge in [-0.25, -0.2) is 9.97 Å². The average molecular weight is 181 g/mol. The summed E-state index contributed by atoms with van der Waals surface area (Å²) in [6, 6.07) is 1.81. The van der Waals surface area contributed by atoms with Crippen molar-refractivity contribution in [2.75, 3.05) is 6.61 Å². The SMILES string of the molecule is CCCOCc1nccc(CN)n1. The highest BCUT2D eigenvalue weighted by atomic mass is 16.5. The van der Waals surface area contributed by atoms with Crippen LogP contribution in [0.25, 0.3) is 0 Å². The number of aromatic nitrogens is 2. The summed E-state index contributed by atoms with van der Waals surface area (Å²) in [5, 5.41) is 0. The molecule has 0 aliphatic heterocycles. The second-order valence-corrected chi connectivity index (χ2v) is 2.72. The lowest BCUT2D eigenvalue weighted by Crippen LogP contribution is -2.05. The van der Waals surface area contributed by atoms with E-state index in [1.165, 1.54) is 0 Å². The molecule has 4 heteroatoms. The first-order valence-corrected chi connectivity index (χ1v) is 4.45. The van der Waals surface area contributed by atoms with Crippen LogP contribution in [0.2, 0.25) is 0 Å². The molecule has 4 nitrogen and oxygen atoms in total. The summed E-state index contributed by atoms with van der Waals surface area (Å²) in [4.78, 5) is 8.27. The predicted octanol–water partition coefficient (Wildman–Crippen LogP) is 0.862. The van der Waals surface area contributed by atoms with E-state index in [2.05, 4.69) is 16.9 Å². The Labute approximate surface area is 78.1 Å². The smallest absolute Gasteiger partial charge is 0.154 e. The van der Waals surface area contributed by atoms with Gasteiger partial charge in [0.15, 0.2) is 5.82 Å². The van der Waals surface area contributed by atoms with Crippen LogP contribution >= 0.6 is 0 Å². The molecule has 1 rings (SSSR count). The Hall–Kier alpha value is -1.00. The molecule has 1 heterocycles. The quantitative estimate of drug-likeness (QED) is 0.684. The second kappa shape index (κ2) is 5.61. The third-order valence-corrected chi connectivity index (χ3v) is 1.55. The third kappa shape index (κ3) is 3.48. The molecule has 0 atom stereocenters. The highest BCUT2D eigenvalue weighted by Crippen LogP contribution is 1.96. The Morgan fingerprint density at radius 1 is 1.54 bits per heavy atom. The molecule has 13 heavy (non-hydrogen) atoms. The van der Waals surface area contributed by atoms with E-state index in [9.17, 15) is 0 Å². The van der Waals surface area contributed by atoms with Crippen LogP contribution in [-0.2, 0) is 17.9 Å². The summed E-state index contributed by atoms with van der Waals surface area (Å²) >= 11 is 0. The zero-order chi connectivity index (χ0) is 9.52. The lowest BCUT2D eigenvalue weighted by Gasteiger charge is -2.02. The zero-order valence-electron chi connectivity index (χ0n) is 7.86. The topological polar surface area (TPSA) is 61.0 Å². The number of hydrogen-bond donors (Lipinski definition) is 1. The summed E-state index contributed by atoms with van der Waals surface area (Å²) in [6.07, 6.45) is 2.72. The van der Waals surface area contributed by atoms with E-state index >= 15 is 0 Å². The summed E-state index contributed by atoms with van der Waals surface area (Å²) in [5.74, 6) is 0.705. The Balaban J connectivity index is 2.46. The van der Waals surface area contributed by atoms with E-state index in [1.807, 2.05) is 6.07 Å². The van der Waals surface area contributed by atoms with E-state index < -0.39 is 0 Å². The molecule has 1 aromatic rings. The fraction of sp³-hybridized carbons (Fsp3) is 0.556. The highest BCUT2D eigenvalue weighted by Gasteiger charge is 1.97. The fourth-order valence-corrected chi connectivity index (χ4v) is 0.932. The van der Waals surface area contributed by atoms with Crippen molar-refractivity contribution >= 4 is 0 Å². The molecule has 0 saturated carbocycles. The molecule has 0 aliphatic carbocycles. The minimum atomic E-state index is 0.448. The average Bonchev–Trinajstić information content (AvgIpc) is 2.19. The molecule has 0 unspecified atom stereocenters. The van der Waals surface area contributed by atoms with Crippen LogP contribution < -0.4 is 5.73 Å². The van der Waals surface area contributed by atoms with Crippen molar-refractivity contribution in [1.29, 1.82) is 0 Å². The van der Waals surface area contributed by atoms with Gasteiger partial charge in [-0.15, -0.1) is 0 Å². The number of nitrogens with two attached hydrogens (primary N) is 1. The minimum Gasteiger partial charge on any atom is -0.373 e. The maximum absolute atomic E-state index is 5.44. The summed E-state index contributed by atoms with van der Waals surface area (Å²) in [7, 11) is 0. The monoisotopic (exact) mass is 181 g/mol. The molecule has 0 fully saturated rings. The van der Waals surface area contributed by atoms with Crippen LogP contribution in [0.1, 0.15) is 24.9 Å². The van der Waals surface area contributed by atoms with Crippen molar-refractivity contribution in [3.8, 4) is 0 Å². The first-order chi connectivity index (χ1) is 6.36. The number of nitrogens with zero attached hydrogens (tertiary/aromatic N) is 2. The first kappa shape index (κ1) is 10.1. The highest BCUT2D eigenvalue weighted by molar-refractivity contribution is 5.00. The van der Waals surface area contributed by atoms with Gasteiger partial charge in [0.05, 0.1) is 5.69 Å². The summed E-state index contributed by atoms with van der Waals surface area (Å²) in [6.45, 7) is 3.73. The van der Waals surface area contributed by atoms with Crippen LogP contribution in [0.4, 0.5) is 0 Å². The predicted molar refractivity (Wildman–Crippen MR) is 49.9 cm³/mol. The van der Waals surface area contributed by atoms with Gasteiger partial charge in [0, 0.05) is 19.3 Å². The number of hydrogen-bond acceptors (Lipinski definition) is 4. The van der Waals surface area contributed by atoms with Crippen LogP contribution in [0.5, 0.6) is 0 Å². The molecule has 0 radical (unpaired) electrons. The van der Waals surface area contributed by atoms with Crippen LogP contribution in [0.3, 0.4) is 0 Å². The van der Waals surface area contributed by atoms with Crippen molar-refractivity contribution in [1.82, 2.24) is 9.97 Å². The molecule has 0 aliphatic rings. The Morgan fingerprint density at radius 3 is 3.08 bits per heavy atom. The summed E-state index contributed by atoms with van der Waals surface area (Å²) < 4.78 is 5.30. The van der Waals surface area contributed by atoms with E-state index in [-0.39, 0.29) is 0 Å². The maximum Gasteiger partial charge on any atom is 0.154 e. The minimum absolute atomic E-state index is 0.448. The Kier molecular flexibility index (Phi) is 4.35. The number of ether oxygens (including phenoxy) is 1. The molecule has 0 amide bonds. The zero-order valence-corrected chi connectivity index (χ0v) is 7.86. The van der Waals surface area contributed by atoms with Crippen molar-refractivity contribution in [3.05, 3.63) is 23.8 Å². The van der Waals surface area contributed by atoms with Crippen LogP contribution in [0, 0.1) is 0 Å². The lowest BCUT2D eigenvalue weighted by atomic mass is 10.4. The second-order valence-electron chi connectivity index (χ2n) is 2.72. The van der Waals surface area contributed by atoms with Gasteiger partial charge < -0.3 is 10.5 Å². The largest absolute Gasteiger partial charge is 0.373 e. The van der Waals surface area contributed by atoms with Gasteiger partial charge in [0.2, 0.25) is 0 Å². The van der Waals surface area contributed by atoms with E-state index in [0.29, 0.717) is 19.0 Å². The van der Waals surface area contributed by atoms with Crippen LogP contribution in [0.15, 0.2) is 12.3 Å². The molecule has 0 saturated heterocycles. The Bertz CT molecular complexity index is 252. The van der Waals surface area contributed by atoms with E-state index in [0.717, 1.165) is 18.7 Å². The molecular formula is C9H15N3O. The lowest BCUT2D eigenvalue weighted by molar-refractivity contribution is 0.116. The number of rotatable bonds is 5. The Morgan fingerprint density at radius 2 is 2.38 bits per heavy atom. The van der Waals surface area contributed by atoms with Crippen LogP contribution in [-0.4, -0.2) is 16.6 Å². The van der Waals surface area contributed by atoms with Crippen molar-refractivity contribution in [2.24, 2.45) is 5.73 Å². The van der Waals surface area contributed by atoms with Crippen molar-refractivity contribution in [2.45, 2.75) is 26.5 Å². The molecule has 1 aromatic heterocycles. The maximum atomic E-state index is 5.44. The normalized spacial score (nSPS) is 10.3. The molecule has 2 N–H and O–H groups in total. The fourth-order valence-electron chi connectivity index (χ4n) is 0.932. The molecular weight excluding hydrogens is 166 g/mol. The first-order valence-electron chi connectivity index (χ1n) is 4.45. The standard InChI is InChI=1S/C9H15N3O/c1-2-5-13-7-9-11-4-3-8(6-10)12-9/h3-4H,2,5-7,10H2,1H3.